The number of hydrogen-bond donors (Lipinski definition) is 2. The summed E-state index contributed by atoms with van der Waals surface area (Å²) in [4.78, 5) is 7.94. The first-order valence-electron chi connectivity index (χ1n) is 5.26. The molecule has 2 unspecified atom stereocenters. The number of nitrogens with zero attached hydrogens (tertiary/aromatic N) is 2. The molecule has 1 aromatic heterocycles. The van der Waals surface area contributed by atoms with Gasteiger partial charge in [0.2, 0.25) is 11.8 Å². The van der Waals surface area contributed by atoms with Crippen molar-refractivity contribution in [2.75, 3.05) is 30.2 Å². The number of ether oxygens (including phenoxy) is 1. The molecule has 1 heterocycles. The van der Waals surface area contributed by atoms with E-state index in [4.69, 9.17) is 10.5 Å². The molecule has 1 aromatic rings. The molecule has 3 N–H and O–H groups in total. The van der Waals surface area contributed by atoms with Crippen molar-refractivity contribution in [1.29, 1.82) is 0 Å². The van der Waals surface area contributed by atoms with Crippen LogP contribution in [0.15, 0.2) is 6.07 Å². The van der Waals surface area contributed by atoms with E-state index in [0.717, 1.165) is 6.42 Å². The number of nitrogens with one attached hydrogen (secondary N) is 1. The predicted octanol–water partition coefficient (Wildman–Crippen LogP) is 0.636. The molecular weight excluding hydrogens is 240 g/mol. The number of rotatable bonds is 6. The van der Waals surface area contributed by atoms with E-state index in [0.29, 0.717) is 17.5 Å². The number of aromatic nitrogens is 2. The molecule has 0 fully saturated rings. The van der Waals surface area contributed by atoms with Gasteiger partial charge in [0.05, 0.1) is 7.11 Å². The highest BCUT2D eigenvalue weighted by atomic mass is 32.2. The van der Waals surface area contributed by atoms with Gasteiger partial charge in [0, 0.05) is 34.9 Å². The largest absolute Gasteiger partial charge is 0.481 e. The van der Waals surface area contributed by atoms with Crippen LogP contribution >= 0.6 is 0 Å². The molecule has 96 valence electrons. The Labute approximate surface area is 103 Å². The minimum Gasteiger partial charge on any atom is -0.481 e. The van der Waals surface area contributed by atoms with Gasteiger partial charge in [-0.05, 0) is 13.3 Å². The topological polar surface area (TPSA) is 90.1 Å². The fourth-order valence-electron chi connectivity index (χ4n) is 1.29. The molecule has 0 aromatic carbocycles. The smallest absolute Gasteiger partial charge is 0.225 e. The van der Waals surface area contributed by atoms with Crippen LogP contribution in [0.1, 0.15) is 13.3 Å². The second-order valence-electron chi connectivity index (χ2n) is 3.77. The molecule has 0 aliphatic rings. The lowest BCUT2D eigenvalue weighted by Crippen LogP contribution is -2.19. The standard InChI is InChI=1S/C10H18N4O2S/c1-7(4-5-17(3)15)12-8-6-9(16-2)14-10(11)13-8/h6-7H,4-5H2,1-3H3,(H3,11,12,13,14). The Kier molecular flexibility index (Phi) is 5.14. The Balaban J connectivity index is 2.61. The summed E-state index contributed by atoms with van der Waals surface area (Å²) in [5, 5.41) is 3.17. The van der Waals surface area contributed by atoms with Crippen molar-refractivity contribution in [2.24, 2.45) is 0 Å². The van der Waals surface area contributed by atoms with Crippen LogP contribution in [0.3, 0.4) is 0 Å². The third-order valence-electron chi connectivity index (χ3n) is 2.16. The van der Waals surface area contributed by atoms with E-state index in [1.165, 1.54) is 7.11 Å². The summed E-state index contributed by atoms with van der Waals surface area (Å²) in [5.41, 5.74) is 5.54. The number of nitrogen functional groups attached to an aromatic ring is 1. The number of hydrogen-bond acceptors (Lipinski definition) is 6. The third kappa shape index (κ3) is 4.99. The molecule has 0 saturated carbocycles. The summed E-state index contributed by atoms with van der Waals surface area (Å²) in [6.07, 6.45) is 2.49. The molecular formula is C10H18N4O2S. The molecule has 2 atom stereocenters. The third-order valence-corrected chi connectivity index (χ3v) is 2.97. The Morgan fingerprint density at radius 3 is 2.88 bits per heavy atom. The van der Waals surface area contributed by atoms with Crippen LogP contribution in [0.25, 0.3) is 0 Å². The molecule has 0 bridgehead atoms. The lowest BCUT2D eigenvalue weighted by Gasteiger charge is -2.14. The van der Waals surface area contributed by atoms with Gasteiger partial charge in [0.15, 0.2) is 0 Å². The van der Waals surface area contributed by atoms with E-state index < -0.39 is 10.8 Å². The Bertz CT molecular complexity index is 400. The summed E-state index contributed by atoms with van der Waals surface area (Å²) in [6.45, 7) is 2.00. The predicted molar refractivity (Wildman–Crippen MR) is 69.6 cm³/mol. The lowest BCUT2D eigenvalue weighted by molar-refractivity contribution is 0.398. The molecule has 0 aliphatic carbocycles. The summed E-state index contributed by atoms with van der Waals surface area (Å²) >= 11 is 0. The maximum Gasteiger partial charge on any atom is 0.225 e. The van der Waals surface area contributed by atoms with Gasteiger partial charge in [0.1, 0.15) is 5.82 Å². The first-order valence-corrected chi connectivity index (χ1v) is 6.99. The molecule has 6 nitrogen and oxygen atoms in total. The van der Waals surface area contributed by atoms with Crippen LogP contribution in [-0.2, 0) is 10.8 Å². The summed E-state index contributed by atoms with van der Waals surface area (Å²) in [6, 6.07) is 1.84. The van der Waals surface area contributed by atoms with E-state index in [1.807, 2.05) is 6.92 Å². The average Bonchev–Trinajstić information content (AvgIpc) is 2.25. The normalized spacial score (nSPS) is 14.1. The lowest BCUT2D eigenvalue weighted by atomic mass is 10.2. The highest BCUT2D eigenvalue weighted by molar-refractivity contribution is 7.84. The number of anilines is 2. The first-order chi connectivity index (χ1) is 8.01. The molecule has 0 radical (unpaired) electrons. The average molecular weight is 258 g/mol. The maximum atomic E-state index is 11.0. The van der Waals surface area contributed by atoms with Gasteiger partial charge < -0.3 is 15.8 Å². The van der Waals surface area contributed by atoms with Crippen LogP contribution in [-0.4, -0.2) is 39.3 Å². The zero-order valence-corrected chi connectivity index (χ0v) is 11.1. The van der Waals surface area contributed by atoms with Crippen LogP contribution in [0.5, 0.6) is 5.88 Å². The maximum absolute atomic E-state index is 11.0. The quantitative estimate of drug-likeness (QED) is 0.778. The van der Waals surface area contributed by atoms with Gasteiger partial charge in [-0.2, -0.15) is 9.97 Å². The monoisotopic (exact) mass is 258 g/mol. The van der Waals surface area contributed by atoms with Crippen LogP contribution in [0.4, 0.5) is 11.8 Å². The SMILES string of the molecule is COc1cc(NC(C)CCS(C)=O)nc(N)n1. The van der Waals surface area contributed by atoms with Crippen molar-refractivity contribution >= 4 is 22.6 Å². The number of nitrogens with two attached hydrogens (primary N) is 1. The molecule has 1 rings (SSSR count). The van der Waals surface area contributed by atoms with Crippen molar-refractivity contribution in [3.63, 3.8) is 0 Å². The molecule has 0 aliphatic heterocycles. The molecule has 7 heteroatoms. The van der Waals surface area contributed by atoms with Crippen molar-refractivity contribution in [1.82, 2.24) is 9.97 Å². The van der Waals surface area contributed by atoms with Gasteiger partial charge >= 0.3 is 0 Å². The van der Waals surface area contributed by atoms with E-state index in [9.17, 15) is 4.21 Å². The summed E-state index contributed by atoms with van der Waals surface area (Å²) < 4.78 is 16.0. The van der Waals surface area contributed by atoms with Crippen molar-refractivity contribution in [2.45, 2.75) is 19.4 Å². The Morgan fingerprint density at radius 1 is 1.59 bits per heavy atom. The summed E-state index contributed by atoms with van der Waals surface area (Å²) in [7, 11) is 0.746. The van der Waals surface area contributed by atoms with Crippen LogP contribution in [0, 0.1) is 0 Å². The highest BCUT2D eigenvalue weighted by Crippen LogP contribution is 2.15. The minimum absolute atomic E-state index is 0.165. The van der Waals surface area contributed by atoms with Crippen molar-refractivity contribution < 1.29 is 8.95 Å². The zero-order valence-electron chi connectivity index (χ0n) is 10.3. The minimum atomic E-state index is -0.777. The fraction of sp³-hybridized carbons (Fsp3) is 0.600. The molecule has 0 amide bonds. The van der Waals surface area contributed by atoms with E-state index >= 15 is 0 Å². The first kappa shape index (κ1) is 13.7. The molecule has 17 heavy (non-hydrogen) atoms. The highest BCUT2D eigenvalue weighted by Gasteiger charge is 2.07. The molecule has 0 spiro atoms. The van der Waals surface area contributed by atoms with Gasteiger partial charge in [-0.25, -0.2) is 0 Å². The van der Waals surface area contributed by atoms with E-state index in [2.05, 4.69) is 15.3 Å². The van der Waals surface area contributed by atoms with E-state index in [-0.39, 0.29) is 12.0 Å². The summed E-state index contributed by atoms with van der Waals surface area (Å²) in [5.74, 6) is 1.86. The van der Waals surface area contributed by atoms with Crippen LogP contribution in [0.2, 0.25) is 0 Å². The number of methoxy groups -OCH3 is 1. The second kappa shape index (κ2) is 6.39. The Morgan fingerprint density at radius 2 is 2.29 bits per heavy atom. The van der Waals surface area contributed by atoms with Crippen LogP contribution < -0.4 is 15.8 Å². The van der Waals surface area contributed by atoms with Gasteiger partial charge in [-0.1, -0.05) is 0 Å². The van der Waals surface area contributed by atoms with Gasteiger partial charge in [-0.15, -0.1) is 0 Å². The zero-order chi connectivity index (χ0) is 12.8. The van der Waals surface area contributed by atoms with E-state index in [1.54, 1.807) is 12.3 Å². The Hall–Kier alpha value is -1.37. The molecule has 0 saturated heterocycles. The van der Waals surface area contributed by atoms with Crippen molar-refractivity contribution in [3.05, 3.63) is 6.07 Å². The fourth-order valence-corrected chi connectivity index (χ4v) is 1.97. The van der Waals surface area contributed by atoms with Gasteiger partial charge in [0.25, 0.3) is 0 Å². The van der Waals surface area contributed by atoms with Gasteiger partial charge in [-0.3, -0.25) is 4.21 Å². The second-order valence-corrected chi connectivity index (χ2v) is 5.32. The van der Waals surface area contributed by atoms with Crippen molar-refractivity contribution in [3.8, 4) is 5.88 Å².